The number of carbonyl (C=O) groups excluding carboxylic acids is 1. The lowest BCUT2D eigenvalue weighted by atomic mass is 10.1. The van der Waals surface area contributed by atoms with Gasteiger partial charge >= 0.3 is 0 Å². The highest BCUT2D eigenvalue weighted by Crippen LogP contribution is 2.22. The highest BCUT2D eigenvalue weighted by atomic mass is 16.3. The van der Waals surface area contributed by atoms with Crippen molar-refractivity contribution in [3.05, 3.63) is 23.8 Å². The van der Waals surface area contributed by atoms with E-state index in [1.165, 1.54) is 12.1 Å². The van der Waals surface area contributed by atoms with Gasteiger partial charge in [-0.1, -0.05) is 13.3 Å². The predicted octanol–water partition coefficient (Wildman–Crippen LogP) is 0.955. The second-order valence-electron chi connectivity index (χ2n) is 3.90. The molecule has 94 valence electrons. The van der Waals surface area contributed by atoms with Gasteiger partial charge in [-0.3, -0.25) is 4.79 Å². The maximum absolute atomic E-state index is 11.8. The molecule has 0 heterocycles. The Kier molecular flexibility index (Phi) is 4.78. The van der Waals surface area contributed by atoms with Crippen molar-refractivity contribution in [2.45, 2.75) is 25.8 Å². The van der Waals surface area contributed by atoms with Crippen LogP contribution in [0.3, 0.4) is 0 Å². The minimum absolute atomic E-state index is 0.0806. The molecule has 0 aliphatic rings. The predicted molar refractivity (Wildman–Crippen MR) is 65.0 cm³/mol. The van der Waals surface area contributed by atoms with Gasteiger partial charge in [0.25, 0.3) is 5.91 Å². The molecule has 0 bridgehead atoms. The van der Waals surface area contributed by atoms with E-state index in [4.69, 9.17) is 10.8 Å². The molecule has 1 rings (SSSR count). The lowest BCUT2D eigenvalue weighted by molar-refractivity contribution is 0.0933. The van der Waals surface area contributed by atoms with E-state index in [0.29, 0.717) is 6.54 Å². The van der Waals surface area contributed by atoms with E-state index in [0.717, 1.165) is 18.9 Å². The van der Waals surface area contributed by atoms with Crippen molar-refractivity contribution in [1.82, 2.24) is 5.32 Å². The van der Waals surface area contributed by atoms with Gasteiger partial charge in [0.15, 0.2) is 0 Å². The summed E-state index contributed by atoms with van der Waals surface area (Å²) >= 11 is 0. The Hall–Kier alpha value is -1.75. The van der Waals surface area contributed by atoms with Gasteiger partial charge in [-0.15, -0.1) is 0 Å². The molecular weight excluding hydrogens is 220 g/mol. The van der Waals surface area contributed by atoms with Crippen LogP contribution in [0.25, 0.3) is 0 Å². The van der Waals surface area contributed by atoms with Crippen LogP contribution in [0.2, 0.25) is 0 Å². The molecule has 5 N–H and O–H groups in total. The number of rotatable bonds is 5. The van der Waals surface area contributed by atoms with Crippen LogP contribution in [-0.4, -0.2) is 28.7 Å². The molecule has 1 aromatic carbocycles. The van der Waals surface area contributed by atoms with Gasteiger partial charge in [0.05, 0.1) is 5.56 Å². The quantitative estimate of drug-likeness (QED) is 0.614. The molecular formula is C12H18N2O3. The molecule has 5 heteroatoms. The fourth-order valence-corrected chi connectivity index (χ4v) is 1.57. The molecule has 0 saturated carbocycles. The summed E-state index contributed by atoms with van der Waals surface area (Å²) in [5.74, 6) is -0.704. The van der Waals surface area contributed by atoms with Crippen LogP contribution < -0.4 is 11.1 Å². The molecule has 0 saturated heterocycles. The minimum Gasteiger partial charge on any atom is -0.508 e. The fraction of sp³-hybridized carbons (Fsp3) is 0.417. The van der Waals surface area contributed by atoms with Crippen molar-refractivity contribution in [2.24, 2.45) is 5.73 Å². The highest BCUT2D eigenvalue weighted by Gasteiger charge is 2.15. The van der Waals surface area contributed by atoms with Crippen LogP contribution in [0, 0.1) is 0 Å². The lowest BCUT2D eigenvalue weighted by Gasteiger charge is -2.16. The Morgan fingerprint density at radius 2 is 2.18 bits per heavy atom. The number of phenolic OH excluding ortho intramolecular Hbond substituents is 2. The average Bonchev–Trinajstić information content (AvgIpc) is 2.28. The monoisotopic (exact) mass is 238 g/mol. The van der Waals surface area contributed by atoms with Gasteiger partial charge < -0.3 is 21.3 Å². The molecule has 1 aromatic rings. The Labute approximate surface area is 100 Å². The van der Waals surface area contributed by atoms with E-state index < -0.39 is 0 Å². The summed E-state index contributed by atoms with van der Waals surface area (Å²) in [5.41, 5.74) is 5.67. The fourth-order valence-electron chi connectivity index (χ4n) is 1.57. The first-order chi connectivity index (χ1) is 8.08. The molecule has 17 heavy (non-hydrogen) atoms. The third-order valence-corrected chi connectivity index (χ3v) is 2.48. The summed E-state index contributed by atoms with van der Waals surface area (Å²) in [5, 5.41) is 21.4. The van der Waals surface area contributed by atoms with E-state index in [1.807, 2.05) is 6.92 Å². The first-order valence-electron chi connectivity index (χ1n) is 5.61. The van der Waals surface area contributed by atoms with E-state index in [1.54, 1.807) is 0 Å². The molecule has 1 amide bonds. The van der Waals surface area contributed by atoms with Crippen molar-refractivity contribution < 1.29 is 15.0 Å². The van der Waals surface area contributed by atoms with Crippen molar-refractivity contribution in [2.75, 3.05) is 6.54 Å². The van der Waals surface area contributed by atoms with Crippen LogP contribution in [0.4, 0.5) is 0 Å². The van der Waals surface area contributed by atoms with Crippen molar-refractivity contribution >= 4 is 5.91 Å². The summed E-state index contributed by atoms with van der Waals surface area (Å²) in [6.45, 7) is 2.37. The van der Waals surface area contributed by atoms with Crippen molar-refractivity contribution in [1.29, 1.82) is 0 Å². The van der Waals surface area contributed by atoms with Crippen LogP contribution in [0.15, 0.2) is 18.2 Å². The number of nitrogens with two attached hydrogens (primary N) is 1. The van der Waals surface area contributed by atoms with E-state index in [2.05, 4.69) is 5.32 Å². The first-order valence-corrected chi connectivity index (χ1v) is 5.61. The van der Waals surface area contributed by atoms with Gasteiger partial charge in [-0.05, 0) is 18.6 Å². The number of aromatic hydroxyl groups is 2. The van der Waals surface area contributed by atoms with Crippen LogP contribution >= 0.6 is 0 Å². The van der Waals surface area contributed by atoms with Crippen LogP contribution in [0.1, 0.15) is 30.1 Å². The van der Waals surface area contributed by atoms with E-state index >= 15 is 0 Å². The molecule has 1 unspecified atom stereocenters. The second kappa shape index (κ2) is 6.10. The van der Waals surface area contributed by atoms with Gasteiger partial charge in [0, 0.05) is 18.7 Å². The zero-order valence-corrected chi connectivity index (χ0v) is 9.81. The summed E-state index contributed by atoms with van der Waals surface area (Å²) in [4.78, 5) is 11.8. The SMILES string of the molecule is CCCC(CN)NC(=O)c1ccc(O)cc1O. The molecule has 0 aliphatic heterocycles. The van der Waals surface area contributed by atoms with E-state index in [9.17, 15) is 9.90 Å². The third kappa shape index (κ3) is 3.64. The molecule has 0 aromatic heterocycles. The Balaban J connectivity index is 2.75. The van der Waals surface area contributed by atoms with Gasteiger partial charge in [0.2, 0.25) is 0 Å². The number of hydrogen-bond acceptors (Lipinski definition) is 4. The average molecular weight is 238 g/mol. The second-order valence-corrected chi connectivity index (χ2v) is 3.90. The number of carbonyl (C=O) groups is 1. The number of phenols is 2. The molecule has 0 aliphatic carbocycles. The van der Waals surface area contributed by atoms with Crippen molar-refractivity contribution in [3.8, 4) is 11.5 Å². The molecule has 0 spiro atoms. The third-order valence-electron chi connectivity index (χ3n) is 2.48. The smallest absolute Gasteiger partial charge is 0.255 e. The Morgan fingerprint density at radius 3 is 2.71 bits per heavy atom. The maximum Gasteiger partial charge on any atom is 0.255 e. The summed E-state index contributed by atoms with van der Waals surface area (Å²) in [6, 6.07) is 3.76. The van der Waals surface area contributed by atoms with Crippen molar-refractivity contribution in [3.63, 3.8) is 0 Å². The number of nitrogens with one attached hydrogen (secondary N) is 1. The van der Waals surface area contributed by atoms with Crippen LogP contribution in [-0.2, 0) is 0 Å². The summed E-state index contributed by atoms with van der Waals surface area (Å²) in [7, 11) is 0. The number of benzene rings is 1. The first kappa shape index (κ1) is 13.3. The van der Waals surface area contributed by atoms with Crippen LogP contribution in [0.5, 0.6) is 11.5 Å². The normalized spacial score (nSPS) is 12.1. The number of amides is 1. The Bertz CT molecular complexity index is 393. The van der Waals surface area contributed by atoms with E-state index in [-0.39, 0.29) is 29.0 Å². The standard InChI is InChI=1S/C12H18N2O3/c1-2-3-8(7-13)14-12(17)10-5-4-9(15)6-11(10)16/h4-6,8,15-16H,2-3,7,13H2,1H3,(H,14,17). The summed E-state index contributed by atoms with van der Waals surface area (Å²) < 4.78 is 0. The summed E-state index contributed by atoms with van der Waals surface area (Å²) in [6.07, 6.45) is 1.71. The zero-order chi connectivity index (χ0) is 12.8. The van der Waals surface area contributed by atoms with Gasteiger partial charge in [-0.2, -0.15) is 0 Å². The highest BCUT2D eigenvalue weighted by molar-refractivity contribution is 5.97. The number of hydrogen-bond donors (Lipinski definition) is 4. The molecule has 1 atom stereocenters. The lowest BCUT2D eigenvalue weighted by Crippen LogP contribution is -2.40. The molecule has 0 fully saturated rings. The molecule has 0 radical (unpaired) electrons. The van der Waals surface area contributed by atoms with Gasteiger partial charge in [-0.25, -0.2) is 0 Å². The zero-order valence-electron chi connectivity index (χ0n) is 9.81. The topological polar surface area (TPSA) is 95.6 Å². The maximum atomic E-state index is 11.8. The Morgan fingerprint density at radius 1 is 1.47 bits per heavy atom. The molecule has 5 nitrogen and oxygen atoms in total. The van der Waals surface area contributed by atoms with Gasteiger partial charge in [0.1, 0.15) is 11.5 Å². The minimum atomic E-state index is -0.383. The largest absolute Gasteiger partial charge is 0.508 e.